The van der Waals surface area contributed by atoms with Crippen LogP contribution in [0.2, 0.25) is 5.02 Å². The molecule has 1 aromatic rings. The van der Waals surface area contributed by atoms with Gasteiger partial charge in [-0.25, -0.2) is 0 Å². The third-order valence-electron chi connectivity index (χ3n) is 3.09. The van der Waals surface area contributed by atoms with Gasteiger partial charge in [0.2, 0.25) is 0 Å². The zero-order valence-electron chi connectivity index (χ0n) is 9.69. The van der Waals surface area contributed by atoms with Gasteiger partial charge in [0.15, 0.2) is 0 Å². The van der Waals surface area contributed by atoms with Gasteiger partial charge in [-0.15, -0.1) is 0 Å². The first-order valence-electron chi connectivity index (χ1n) is 5.85. The molecule has 0 aliphatic carbocycles. The number of nitriles is 1. The molecule has 1 atom stereocenters. The Labute approximate surface area is 107 Å². The lowest BCUT2D eigenvalue weighted by Gasteiger charge is -2.16. The number of hydrogen-bond donors (Lipinski definition) is 1. The van der Waals surface area contributed by atoms with Gasteiger partial charge in [0, 0.05) is 30.7 Å². The number of benzene rings is 1. The van der Waals surface area contributed by atoms with Gasteiger partial charge in [-0.2, -0.15) is 5.26 Å². The smallest absolute Gasteiger partial charge is 0.0843 e. The predicted octanol–water partition coefficient (Wildman–Crippen LogP) is 2.03. The van der Waals surface area contributed by atoms with Gasteiger partial charge in [-0.05, 0) is 18.1 Å². The Morgan fingerprint density at radius 1 is 1.47 bits per heavy atom. The summed E-state index contributed by atoms with van der Waals surface area (Å²) in [5.41, 5.74) is 1.18. The Balaban J connectivity index is 1.86. The van der Waals surface area contributed by atoms with E-state index in [1.165, 1.54) is 5.56 Å². The lowest BCUT2D eigenvalue weighted by atomic mass is 10.2. The molecule has 1 aromatic carbocycles. The molecular formula is C13H16ClN3. The van der Waals surface area contributed by atoms with Crippen LogP contribution < -0.4 is 5.32 Å². The fraction of sp³-hybridized carbons (Fsp3) is 0.462. The Kier molecular flexibility index (Phi) is 4.38. The van der Waals surface area contributed by atoms with Gasteiger partial charge < -0.3 is 5.32 Å². The molecule has 0 radical (unpaired) electrons. The van der Waals surface area contributed by atoms with E-state index in [4.69, 9.17) is 16.9 Å². The van der Waals surface area contributed by atoms with Crippen molar-refractivity contribution >= 4 is 11.6 Å². The second-order valence-electron chi connectivity index (χ2n) is 4.35. The van der Waals surface area contributed by atoms with E-state index < -0.39 is 0 Å². The maximum absolute atomic E-state index is 8.52. The second-order valence-corrected chi connectivity index (χ2v) is 4.76. The minimum absolute atomic E-state index is 0.435. The zero-order chi connectivity index (χ0) is 12.1. The minimum atomic E-state index is 0.435. The largest absolute Gasteiger partial charge is 0.300 e. The average molecular weight is 250 g/mol. The molecule has 0 bridgehead atoms. The Bertz CT molecular complexity index is 413. The quantitative estimate of drug-likeness (QED) is 0.830. The molecular weight excluding hydrogens is 234 g/mol. The molecule has 0 spiro atoms. The average Bonchev–Trinajstić information content (AvgIpc) is 2.77. The van der Waals surface area contributed by atoms with Crippen LogP contribution >= 0.6 is 11.6 Å². The number of rotatable bonds is 4. The van der Waals surface area contributed by atoms with Crippen molar-refractivity contribution in [3.05, 3.63) is 34.9 Å². The third kappa shape index (κ3) is 3.44. The Morgan fingerprint density at radius 2 is 2.29 bits per heavy atom. The van der Waals surface area contributed by atoms with Crippen molar-refractivity contribution in [3.8, 4) is 6.07 Å². The number of halogens is 1. The van der Waals surface area contributed by atoms with Crippen molar-refractivity contribution in [2.45, 2.75) is 19.0 Å². The van der Waals surface area contributed by atoms with Crippen molar-refractivity contribution in [1.29, 1.82) is 5.26 Å². The van der Waals surface area contributed by atoms with Gasteiger partial charge in [-0.3, -0.25) is 4.90 Å². The third-order valence-corrected chi connectivity index (χ3v) is 3.46. The highest BCUT2D eigenvalue weighted by molar-refractivity contribution is 6.31. The molecule has 1 saturated heterocycles. The van der Waals surface area contributed by atoms with Gasteiger partial charge in [0.1, 0.15) is 0 Å². The number of nitrogens with zero attached hydrogens (tertiary/aromatic N) is 2. The van der Waals surface area contributed by atoms with E-state index in [0.29, 0.717) is 12.6 Å². The van der Waals surface area contributed by atoms with Crippen molar-refractivity contribution < 1.29 is 0 Å². The molecule has 17 heavy (non-hydrogen) atoms. The summed E-state index contributed by atoms with van der Waals surface area (Å²) in [7, 11) is 0. The van der Waals surface area contributed by atoms with Crippen LogP contribution in [-0.4, -0.2) is 30.6 Å². The molecule has 1 fully saturated rings. The fourth-order valence-electron chi connectivity index (χ4n) is 2.20. The van der Waals surface area contributed by atoms with Crippen LogP contribution in [0.25, 0.3) is 0 Å². The predicted molar refractivity (Wildman–Crippen MR) is 68.7 cm³/mol. The standard InChI is InChI=1S/C13H16ClN3/c14-13-4-2-1-3-11(13)9-17-8-5-12(10-17)16-7-6-15/h1-4,12,16H,5,7-10H2. The summed E-state index contributed by atoms with van der Waals surface area (Å²) in [5.74, 6) is 0. The number of likely N-dealkylation sites (tertiary alicyclic amines) is 1. The summed E-state index contributed by atoms with van der Waals surface area (Å²) < 4.78 is 0. The summed E-state index contributed by atoms with van der Waals surface area (Å²) in [6.45, 7) is 3.39. The summed E-state index contributed by atoms with van der Waals surface area (Å²) >= 11 is 6.14. The first-order chi connectivity index (χ1) is 8.29. The topological polar surface area (TPSA) is 39.1 Å². The van der Waals surface area contributed by atoms with Crippen LogP contribution in [0.3, 0.4) is 0 Å². The fourth-order valence-corrected chi connectivity index (χ4v) is 2.40. The molecule has 4 heteroatoms. The zero-order valence-corrected chi connectivity index (χ0v) is 10.5. The summed E-state index contributed by atoms with van der Waals surface area (Å²) in [6, 6.07) is 10.5. The highest BCUT2D eigenvalue weighted by Gasteiger charge is 2.22. The van der Waals surface area contributed by atoms with Gasteiger partial charge >= 0.3 is 0 Å². The van der Waals surface area contributed by atoms with Crippen LogP contribution in [0.15, 0.2) is 24.3 Å². The molecule has 0 saturated carbocycles. The second kappa shape index (κ2) is 6.02. The van der Waals surface area contributed by atoms with E-state index in [1.807, 2.05) is 18.2 Å². The molecule has 1 heterocycles. The van der Waals surface area contributed by atoms with Crippen molar-refractivity contribution in [2.24, 2.45) is 0 Å². The summed E-state index contributed by atoms with van der Waals surface area (Å²) in [5, 5.41) is 12.6. The molecule has 1 aliphatic rings. The maximum atomic E-state index is 8.52. The van der Waals surface area contributed by atoms with E-state index in [2.05, 4.69) is 22.4 Å². The van der Waals surface area contributed by atoms with Crippen LogP contribution in [0.4, 0.5) is 0 Å². The molecule has 1 aliphatic heterocycles. The molecule has 2 rings (SSSR count). The van der Waals surface area contributed by atoms with Crippen LogP contribution in [0, 0.1) is 11.3 Å². The van der Waals surface area contributed by atoms with Crippen LogP contribution in [0.1, 0.15) is 12.0 Å². The van der Waals surface area contributed by atoms with Gasteiger partial charge in [0.05, 0.1) is 12.6 Å². The Morgan fingerprint density at radius 3 is 3.06 bits per heavy atom. The van der Waals surface area contributed by atoms with E-state index in [1.54, 1.807) is 0 Å². The van der Waals surface area contributed by atoms with E-state index in [0.717, 1.165) is 31.1 Å². The van der Waals surface area contributed by atoms with Gasteiger partial charge in [0.25, 0.3) is 0 Å². The van der Waals surface area contributed by atoms with Crippen molar-refractivity contribution in [2.75, 3.05) is 19.6 Å². The molecule has 0 amide bonds. The highest BCUT2D eigenvalue weighted by atomic mass is 35.5. The van der Waals surface area contributed by atoms with Crippen molar-refractivity contribution in [1.82, 2.24) is 10.2 Å². The highest BCUT2D eigenvalue weighted by Crippen LogP contribution is 2.19. The monoisotopic (exact) mass is 249 g/mol. The summed E-state index contributed by atoms with van der Waals surface area (Å²) in [4.78, 5) is 2.37. The van der Waals surface area contributed by atoms with Gasteiger partial charge in [-0.1, -0.05) is 29.8 Å². The lowest BCUT2D eigenvalue weighted by molar-refractivity contribution is 0.321. The molecule has 1 unspecified atom stereocenters. The minimum Gasteiger partial charge on any atom is -0.300 e. The molecule has 3 nitrogen and oxygen atoms in total. The molecule has 0 aromatic heterocycles. The number of nitrogens with one attached hydrogen (secondary N) is 1. The van der Waals surface area contributed by atoms with E-state index >= 15 is 0 Å². The van der Waals surface area contributed by atoms with Crippen molar-refractivity contribution in [3.63, 3.8) is 0 Å². The lowest BCUT2D eigenvalue weighted by Crippen LogP contribution is -2.32. The maximum Gasteiger partial charge on any atom is 0.0843 e. The van der Waals surface area contributed by atoms with Crippen LogP contribution in [0.5, 0.6) is 0 Å². The molecule has 90 valence electrons. The van der Waals surface area contributed by atoms with E-state index in [-0.39, 0.29) is 0 Å². The van der Waals surface area contributed by atoms with E-state index in [9.17, 15) is 0 Å². The summed E-state index contributed by atoms with van der Waals surface area (Å²) in [6.07, 6.45) is 1.10. The first-order valence-corrected chi connectivity index (χ1v) is 6.23. The van der Waals surface area contributed by atoms with Crippen LogP contribution in [-0.2, 0) is 6.54 Å². The Hall–Kier alpha value is -1.08. The normalized spacial score (nSPS) is 20.4. The number of hydrogen-bond acceptors (Lipinski definition) is 3. The first kappa shape index (κ1) is 12.4. The SMILES string of the molecule is N#CCNC1CCN(Cc2ccccc2Cl)C1. The molecule has 1 N–H and O–H groups in total.